The Hall–Kier alpha value is -2.77. The van der Waals surface area contributed by atoms with E-state index in [0.717, 1.165) is 29.4 Å². The zero-order chi connectivity index (χ0) is 20.6. The maximum absolute atomic E-state index is 13.5. The lowest BCUT2D eigenvalue weighted by atomic mass is 9.99. The number of aromatic nitrogens is 2. The minimum Gasteiger partial charge on any atom is -0.395 e. The fraction of sp³-hybridized carbons (Fsp3) is 0.318. The van der Waals surface area contributed by atoms with Crippen LogP contribution in [-0.2, 0) is 12.1 Å². The fourth-order valence-electron chi connectivity index (χ4n) is 3.90. The standard InChI is InChI=1S/C22H24F2N4O/c1-22(2)21-26-19(15-3-5-16(23)6-4-15)20(25-18-9-7-17(24)8-10-18)28(21)12-11-27(22)13-14-29/h3-10,25,29H,11-14H2,1-2H3. The molecule has 1 aromatic heterocycles. The summed E-state index contributed by atoms with van der Waals surface area (Å²) >= 11 is 0. The van der Waals surface area contributed by atoms with Gasteiger partial charge in [0.25, 0.3) is 0 Å². The van der Waals surface area contributed by atoms with Crippen molar-refractivity contribution < 1.29 is 13.9 Å². The van der Waals surface area contributed by atoms with Crippen LogP contribution in [0.2, 0.25) is 0 Å². The molecule has 2 N–H and O–H groups in total. The quantitative estimate of drug-likeness (QED) is 0.679. The number of imidazole rings is 1. The highest BCUT2D eigenvalue weighted by atomic mass is 19.1. The van der Waals surface area contributed by atoms with E-state index in [1.54, 1.807) is 24.3 Å². The molecular formula is C22H24F2N4O. The zero-order valence-corrected chi connectivity index (χ0v) is 16.5. The van der Waals surface area contributed by atoms with Gasteiger partial charge in [0.05, 0.1) is 12.1 Å². The number of β-amino-alcohol motifs (C(OH)–C–C–N with tert-alkyl or cyclic N) is 1. The highest BCUT2D eigenvalue weighted by Gasteiger charge is 2.38. The van der Waals surface area contributed by atoms with Gasteiger partial charge < -0.3 is 15.0 Å². The number of aliphatic hydroxyl groups excluding tert-OH is 1. The molecule has 0 aliphatic carbocycles. The second-order valence-electron chi connectivity index (χ2n) is 7.69. The fourth-order valence-corrected chi connectivity index (χ4v) is 3.90. The summed E-state index contributed by atoms with van der Waals surface area (Å²) in [6.07, 6.45) is 0. The number of rotatable bonds is 5. The van der Waals surface area contributed by atoms with Crippen LogP contribution in [0.3, 0.4) is 0 Å². The molecule has 29 heavy (non-hydrogen) atoms. The first-order valence-corrected chi connectivity index (χ1v) is 9.65. The Morgan fingerprint density at radius 3 is 2.24 bits per heavy atom. The Morgan fingerprint density at radius 2 is 1.62 bits per heavy atom. The van der Waals surface area contributed by atoms with Crippen molar-refractivity contribution in [3.63, 3.8) is 0 Å². The second kappa shape index (κ2) is 7.57. The van der Waals surface area contributed by atoms with Crippen LogP contribution in [0.5, 0.6) is 0 Å². The van der Waals surface area contributed by atoms with Crippen LogP contribution < -0.4 is 5.32 Å². The van der Waals surface area contributed by atoms with Gasteiger partial charge in [-0.05, 0) is 62.4 Å². The molecule has 0 atom stereocenters. The van der Waals surface area contributed by atoms with Crippen LogP contribution in [0.4, 0.5) is 20.3 Å². The SMILES string of the molecule is CC1(C)c2nc(-c3ccc(F)cc3)c(Nc3ccc(F)cc3)n2CCN1CCO. The van der Waals surface area contributed by atoms with Gasteiger partial charge in [0.2, 0.25) is 0 Å². The summed E-state index contributed by atoms with van der Waals surface area (Å²) in [7, 11) is 0. The van der Waals surface area contributed by atoms with Crippen molar-refractivity contribution in [2.45, 2.75) is 25.9 Å². The lowest BCUT2D eigenvalue weighted by Crippen LogP contribution is -2.50. The molecule has 0 unspecified atom stereocenters. The maximum atomic E-state index is 13.5. The van der Waals surface area contributed by atoms with E-state index in [0.29, 0.717) is 18.8 Å². The minimum atomic E-state index is -0.390. The summed E-state index contributed by atoms with van der Waals surface area (Å²) in [6, 6.07) is 12.4. The Kier molecular flexibility index (Phi) is 5.10. The number of nitrogens with zero attached hydrogens (tertiary/aromatic N) is 3. The number of benzene rings is 2. The number of hydrogen-bond donors (Lipinski definition) is 2. The largest absolute Gasteiger partial charge is 0.395 e. The first-order chi connectivity index (χ1) is 13.9. The molecule has 4 rings (SSSR count). The molecule has 5 nitrogen and oxygen atoms in total. The molecule has 0 saturated heterocycles. The topological polar surface area (TPSA) is 53.3 Å². The number of halogens is 2. The van der Waals surface area contributed by atoms with Crippen molar-refractivity contribution in [3.8, 4) is 11.3 Å². The van der Waals surface area contributed by atoms with Gasteiger partial charge in [-0.25, -0.2) is 13.8 Å². The molecule has 1 aliphatic heterocycles. The molecule has 0 saturated carbocycles. The molecule has 2 aromatic carbocycles. The van der Waals surface area contributed by atoms with Gasteiger partial charge >= 0.3 is 0 Å². The monoisotopic (exact) mass is 398 g/mol. The highest BCUT2D eigenvalue weighted by Crippen LogP contribution is 2.39. The van der Waals surface area contributed by atoms with Gasteiger partial charge in [-0.3, -0.25) is 4.90 Å². The Morgan fingerprint density at radius 1 is 1.00 bits per heavy atom. The van der Waals surface area contributed by atoms with E-state index in [4.69, 9.17) is 4.98 Å². The van der Waals surface area contributed by atoms with E-state index in [1.165, 1.54) is 24.3 Å². The lowest BCUT2D eigenvalue weighted by molar-refractivity contribution is 0.0593. The number of fused-ring (bicyclic) bond motifs is 1. The van der Waals surface area contributed by atoms with Crippen LogP contribution in [-0.4, -0.2) is 39.3 Å². The van der Waals surface area contributed by atoms with Gasteiger partial charge in [0.15, 0.2) is 0 Å². The zero-order valence-electron chi connectivity index (χ0n) is 16.5. The molecular weight excluding hydrogens is 374 g/mol. The average molecular weight is 398 g/mol. The van der Waals surface area contributed by atoms with Crippen molar-refractivity contribution in [2.24, 2.45) is 0 Å². The first-order valence-electron chi connectivity index (χ1n) is 9.65. The van der Waals surface area contributed by atoms with Gasteiger partial charge in [-0.2, -0.15) is 0 Å². The predicted octanol–water partition coefficient (Wildman–Crippen LogP) is 4.11. The first kappa shape index (κ1) is 19.5. The number of nitrogens with one attached hydrogen (secondary N) is 1. The predicted molar refractivity (Wildman–Crippen MR) is 109 cm³/mol. The molecule has 152 valence electrons. The Bertz CT molecular complexity index is 997. The molecule has 0 fully saturated rings. The normalized spacial score (nSPS) is 15.9. The minimum absolute atomic E-state index is 0.0790. The summed E-state index contributed by atoms with van der Waals surface area (Å²) < 4.78 is 28.9. The van der Waals surface area contributed by atoms with E-state index in [2.05, 4.69) is 28.6 Å². The highest BCUT2D eigenvalue weighted by molar-refractivity contribution is 5.76. The van der Waals surface area contributed by atoms with Crippen LogP contribution in [0.25, 0.3) is 11.3 Å². The molecule has 3 aromatic rings. The van der Waals surface area contributed by atoms with Crippen LogP contribution in [0, 0.1) is 11.6 Å². The molecule has 0 radical (unpaired) electrons. The number of anilines is 2. The third-order valence-electron chi connectivity index (χ3n) is 5.49. The van der Waals surface area contributed by atoms with Crippen molar-refractivity contribution in [2.75, 3.05) is 25.0 Å². The van der Waals surface area contributed by atoms with Gasteiger partial charge in [0.1, 0.15) is 29.0 Å². The van der Waals surface area contributed by atoms with Crippen molar-refractivity contribution in [1.82, 2.24) is 14.5 Å². The second-order valence-corrected chi connectivity index (χ2v) is 7.69. The average Bonchev–Trinajstić information content (AvgIpc) is 3.06. The summed E-state index contributed by atoms with van der Waals surface area (Å²) in [5, 5.41) is 12.8. The van der Waals surface area contributed by atoms with E-state index < -0.39 is 5.54 Å². The molecule has 2 heterocycles. The summed E-state index contributed by atoms with van der Waals surface area (Å²) in [5.41, 5.74) is 1.86. The van der Waals surface area contributed by atoms with Crippen LogP contribution in [0.1, 0.15) is 19.7 Å². The Balaban J connectivity index is 1.83. The van der Waals surface area contributed by atoms with Crippen molar-refractivity contribution >= 4 is 11.5 Å². The van der Waals surface area contributed by atoms with Crippen molar-refractivity contribution in [1.29, 1.82) is 0 Å². The third kappa shape index (κ3) is 3.63. The third-order valence-corrected chi connectivity index (χ3v) is 5.49. The smallest absolute Gasteiger partial charge is 0.138 e. The summed E-state index contributed by atoms with van der Waals surface area (Å²) in [4.78, 5) is 7.13. The van der Waals surface area contributed by atoms with E-state index in [9.17, 15) is 13.9 Å². The van der Waals surface area contributed by atoms with Crippen molar-refractivity contribution in [3.05, 3.63) is 66.0 Å². The molecule has 0 spiro atoms. The molecule has 0 bridgehead atoms. The lowest BCUT2D eigenvalue weighted by Gasteiger charge is -2.42. The van der Waals surface area contributed by atoms with Crippen LogP contribution in [0.15, 0.2) is 48.5 Å². The number of hydrogen-bond acceptors (Lipinski definition) is 4. The Labute approximate surface area is 168 Å². The van der Waals surface area contributed by atoms with Crippen LogP contribution >= 0.6 is 0 Å². The number of aliphatic hydroxyl groups is 1. The molecule has 7 heteroatoms. The summed E-state index contributed by atoms with van der Waals surface area (Å²) in [6.45, 7) is 6.25. The van der Waals surface area contributed by atoms with Gasteiger partial charge in [0, 0.05) is 30.9 Å². The summed E-state index contributed by atoms with van der Waals surface area (Å²) in [5.74, 6) is 1.04. The molecule has 1 aliphatic rings. The van der Waals surface area contributed by atoms with Gasteiger partial charge in [-0.1, -0.05) is 0 Å². The van der Waals surface area contributed by atoms with E-state index in [1.807, 2.05) is 0 Å². The van der Waals surface area contributed by atoms with Gasteiger partial charge in [-0.15, -0.1) is 0 Å². The molecule has 0 amide bonds. The van der Waals surface area contributed by atoms with E-state index in [-0.39, 0.29) is 18.2 Å². The van der Waals surface area contributed by atoms with E-state index >= 15 is 0 Å². The maximum Gasteiger partial charge on any atom is 0.138 e.